The van der Waals surface area contributed by atoms with Gasteiger partial charge >= 0.3 is 0 Å². The summed E-state index contributed by atoms with van der Waals surface area (Å²) in [6.45, 7) is 0.0559. The highest BCUT2D eigenvalue weighted by Gasteiger charge is 2.44. The topological polar surface area (TPSA) is 9.86 Å². The molecule has 0 N–H and O–H groups in total. The zero-order valence-electron chi connectivity index (χ0n) is 30.1. The lowest BCUT2D eigenvalue weighted by Gasteiger charge is -2.35. The minimum absolute atomic E-state index is 0.0559. The first-order valence-corrected chi connectivity index (χ1v) is 19.5. The van der Waals surface area contributed by atoms with Crippen molar-refractivity contribution < 1.29 is 0 Å². The van der Waals surface area contributed by atoms with Crippen LogP contribution in [0, 0.1) is 5.92 Å². The molecule has 7 aromatic carbocycles. The van der Waals surface area contributed by atoms with E-state index in [0.29, 0.717) is 5.92 Å². The molecule has 0 bridgehead atoms. The van der Waals surface area contributed by atoms with Crippen molar-refractivity contribution in [2.24, 2.45) is 5.92 Å². The standard InChI is InChI=1S/C52H33BN2/c1-4-15-32(16-5-1)38-30-45-49-46(31-38)55-50(34-19-8-3-9-20-34)47(33-17-6-2-7-18-33)42-28-37-23-12-13-24-39(37)48(52(42)55)53(49)43-26-14-25-40-41-27-35-21-10-11-22-36(35)29-44(41)54(45)51(40)43/h1-26,28-31,35H,27H2. The van der Waals surface area contributed by atoms with Gasteiger partial charge in [-0.25, -0.2) is 0 Å². The predicted molar refractivity (Wildman–Crippen MR) is 232 cm³/mol. The Balaban J connectivity index is 1.27. The fourth-order valence-corrected chi connectivity index (χ4v) is 10.6. The van der Waals surface area contributed by atoms with Crippen LogP contribution in [-0.2, 0) is 6.42 Å². The lowest BCUT2D eigenvalue weighted by atomic mass is 9.33. The number of hydrogen-bond acceptors (Lipinski definition) is 0. The summed E-state index contributed by atoms with van der Waals surface area (Å²) in [6.07, 6.45) is 12.6. The Morgan fingerprint density at radius 1 is 0.527 bits per heavy atom. The van der Waals surface area contributed by atoms with Crippen molar-refractivity contribution in [3.8, 4) is 44.9 Å². The van der Waals surface area contributed by atoms with Gasteiger partial charge in [-0.3, -0.25) is 0 Å². The van der Waals surface area contributed by atoms with Gasteiger partial charge in [-0.2, -0.15) is 0 Å². The van der Waals surface area contributed by atoms with Crippen molar-refractivity contribution in [3.63, 3.8) is 0 Å². The smallest absolute Gasteiger partial charge is 0.253 e. The molecule has 2 aromatic heterocycles. The van der Waals surface area contributed by atoms with Gasteiger partial charge in [0.2, 0.25) is 0 Å². The van der Waals surface area contributed by atoms with Crippen molar-refractivity contribution >= 4 is 61.8 Å². The molecular weight excluding hydrogens is 663 g/mol. The highest BCUT2D eigenvalue weighted by Crippen LogP contribution is 2.47. The monoisotopic (exact) mass is 696 g/mol. The van der Waals surface area contributed by atoms with E-state index in [1.165, 1.54) is 111 Å². The maximum atomic E-state index is 2.65. The second-order valence-corrected chi connectivity index (χ2v) is 15.6. The number of para-hydroxylation sites is 1. The van der Waals surface area contributed by atoms with Crippen LogP contribution < -0.4 is 16.4 Å². The highest BCUT2D eigenvalue weighted by molar-refractivity contribution is 7.01. The second-order valence-electron chi connectivity index (χ2n) is 15.6. The zero-order chi connectivity index (χ0) is 35.8. The van der Waals surface area contributed by atoms with Crippen LogP contribution in [0.25, 0.3) is 83.5 Å². The van der Waals surface area contributed by atoms with E-state index in [0.717, 1.165) is 6.42 Å². The van der Waals surface area contributed by atoms with Crippen LogP contribution in [0.3, 0.4) is 0 Å². The number of aromatic nitrogens is 2. The molecule has 2 aliphatic heterocycles. The fourth-order valence-electron chi connectivity index (χ4n) is 10.6. The van der Waals surface area contributed by atoms with E-state index in [2.05, 4.69) is 191 Å². The second kappa shape index (κ2) is 10.9. The summed E-state index contributed by atoms with van der Waals surface area (Å²) in [6, 6.07) is 56.8. The first-order chi connectivity index (χ1) is 27.3. The summed E-state index contributed by atoms with van der Waals surface area (Å²) in [4.78, 5) is 0. The molecule has 4 heterocycles. The molecule has 0 radical (unpaired) electrons. The van der Waals surface area contributed by atoms with Crippen molar-refractivity contribution in [2.45, 2.75) is 6.42 Å². The Hall–Kier alpha value is -6.84. The number of nitrogens with zero attached hydrogens (tertiary/aromatic N) is 2. The molecule has 3 heteroatoms. The minimum atomic E-state index is 0.0559. The predicted octanol–water partition coefficient (Wildman–Crippen LogP) is 10.6. The van der Waals surface area contributed by atoms with E-state index < -0.39 is 0 Å². The molecule has 254 valence electrons. The van der Waals surface area contributed by atoms with E-state index in [1.54, 1.807) is 0 Å². The maximum Gasteiger partial charge on any atom is 0.253 e. The van der Waals surface area contributed by atoms with Gasteiger partial charge in [-0.15, -0.1) is 0 Å². The summed E-state index contributed by atoms with van der Waals surface area (Å²) in [5.74, 6) is 0.404. The number of hydrogen-bond donors (Lipinski definition) is 0. The van der Waals surface area contributed by atoms with Gasteiger partial charge in [0.25, 0.3) is 6.71 Å². The molecule has 13 rings (SSSR count). The SMILES string of the molecule is C1=CC2=Cc3c(c4cccc5c4n3-c3cc(-c4ccccc4)cc4c3B5c3c5ccccc5cc5c(-c6ccccc6)c(-c6ccccc6)n-4c35)CC2C=C1. The van der Waals surface area contributed by atoms with E-state index in [9.17, 15) is 0 Å². The molecule has 4 aliphatic rings. The van der Waals surface area contributed by atoms with Gasteiger partial charge in [-0.1, -0.05) is 158 Å². The van der Waals surface area contributed by atoms with Gasteiger partial charge in [0.05, 0.1) is 16.9 Å². The Kier molecular flexibility index (Phi) is 5.85. The number of rotatable bonds is 3. The Morgan fingerprint density at radius 3 is 2.02 bits per heavy atom. The largest absolute Gasteiger partial charge is 0.310 e. The molecule has 0 amide bonds. The van der Waals surface area contributed by atoms with Gasteiger partial charge in [-0.05, 0) is 91.2 Å². The third-order valence-electron chi connectivity index (χ3n) is 12.8. The molecule has 55 heavy (non-hydrogen) atoms. The van der Waals surface area contributed by atoms with E-state index in [-0.39, 0.29) is 6.71 Å². The lowest BCUT2D eigenvalue weighted by Crippen LogP contribution is -2.59. The molecule has 0 saturated carbocycles. The highest BCUT2D eigenvalue weighted by atomic mass is 15.0. The first-order valence-electron chi connectivity index (χ1n) is 19.5. The number of allylic oxidation sites excluding steroid dienone is 5. The summed E-state index contributed by atoms with van der Waals surface area (Å²) >= 11 is 0. The fraction of sp³-hybridized carbons (Fsp3) is 0.0385. The molecule has 9 aromatic rings. The van der Waals surface area contributed by atoms with E-state index in [4.69, 9.17) is 0 Å². The summed E-state index contributed by atoms with van der Waals surface area (Å²) in [5.41, 5.74) is 21.0. The summed E-state index contributed by atoms with van der Waals surface area (Å²) in [5, 5.41) is 5.29. The quantitative estimate of drug-likeness (QED) is 0.163. The average Bonchev–Trinajstić information content (AvgIpc) is 3.77. The van der Waals surface area contributed by atoms with Gasteiger partial charge in [0, 0.05) is 39.1 Å². The molecule has 0 spiro atoms. The van der Waals surface area contributed by atoms with Gasteiger partial charge in [0.15, 0.2) is 0 Å². The third-order valence-corrected chi connectivity index (χ3v) is 12.8. The van der Waals surface area contributed by atoms with Gasteiger partial charge in [0.1, 0.15) is 0 Å². The van der Waals surface area contributed by atoms with E-state index in [1.807, 2.05) is 0 Å². The summed E-state index contributed by atoms with van der Waals surface area (Å²) < 4.78 is 5.30. The maximum absolute atomic E-state index is 2.65. The van der Waals surface area contributed by atoms with Crippen molar-refractivity contribution in [1.29, 1.82) is 0 Å². The molecule has 2 nitrogen and oxygen atoms in total. The first kappa shape index (κ1) is 29.6. The molecular formula is C52H33BN2. The molecule has 0 saturated heterocycles. The van der Waals surface area contributed by atoms with Crippen molar-refractivity contribution in [3.05, 3.63) is 193 Å². The molecule has 1 atom stereocenters. The Morgan fingerprint density at radius 2 is 1.22 bits per heavy atom. The minimum Gasteiger partial charge on any atom is -0.310 e. The molecule has 2 aliphatic carbocycles. The average molecular weight is 697 g/mol. The van der Waals surface area contributed by atoms with Crippen LogP contribution in [0.5, 0.6) is 0 Å². The van der Waals surface area contributed by atoms with Crippen molar-refractivity contribution in [2.75, 3.05) is 0 Å². The van der Waals surface area contributed by atoms with Crippen LogP contribution in [-0.4, -0.2) is 15.8 Å². The van der Waals surface area contributed by atoms with Crippen LogP contribution in [0.1, 0.15) is 11.3 Å². The van der Waals surface area contributed by atoms with Crippen LogP contribution >= 0.6 is 0 Å². The summed E-state index contributed by atoms with van der Waals surface area (Å²) in [7, 11) is 0. The van der Waals surface area contributed by atoms with Gasteiger partial charge < -0.3 is 9.13 Å². The Bertz CT molecular complexity index is 3210. The number of benzene rings is 7. The van der Waals surface area contributed by atoms with E-state index >= 15 is 0 Å². The lowest BCUT2D eigenvalue weighted by molar-refractivity contribution is 0.758. The molecule has 1 unspecified atom stereocenters. The Labute approximate surface area is 319 Å². The van der Waals surface area contributed by atoms with Crippen LogP contribution in [0.2, 0.25) is 0 Å². The normalized spacial score (nSPS) is 15.7. The van der Waals surface area contributed by atoms with Crippen molar-refractivity contribution in [1.82, 2.24) is 9.13 Å². The van der Waals surface area contributed by atoms with Crippen LogP contribution in [0.4, 0.5) is 0 Å². The zero-order valence-corrected chi connectivity index (χ0v) is 30.1. The number of fused-ring (bicyclic) bond motifs is 10. The van der Waals surface area contributed by atoms with Crippen LogP contribution in [0.15, 0.2) is 182 Å². The molecule has 0 fully saturated rings. The third kappa shape index (κ3) is 3.90.